The van der Waals surface area contributed by atoms with Gasteiger partial charge in [0.05, 0.1) is 6.10 Å². The van der Waals surface area contributed by atoms with Crippen molar-refractivity contribution < 1.29 is 4.74 Å². The van der Waals surface area contributed by atoms with E-state index in [0.717, 1.165) is 25.3 Å². The van der Waals surface area contributed by atoms with Crippen molar-refractivity contribution in [2.24, 2.45) is 0 Å². The second-order valence-corrected chi connectivity index (χ2v) is 6.55. The van der Waals surface area contributed by atoms with Gasteiger partial charge in [-0.1, -0.05) is 6.92 Å². The first kappa shape index (κ1) is 16.9. The molecule has 3 nitrogen and oxygen atoms in total. The maximum atomic E-state index is 5.88. The number of fused-ring (bicyclic) bond motifs is 1. The van der Waals surface area contributed by atoms with Crippen LogP contribution in [0, 0.1) is 6.92 Å². The summed E-state index contributed by atoms with van der Waals surface area (Å²) in [6.07, 6.45) is 1.36. The van der Waals surface area contributed by atoms with E-state index in [1.54, 1.807) is 0 Å². The van der Waals surface area contributed by atoms with Crippen LogP contribution in [0.5, 0.6) is 5.75 Å². The van der Waals surface area contributed by atoms with E-state index >= 15 is 0 Å². The lowest BCUT2D eigenvalue weighted by molar-refractivity contribution is 0.243. The van der Waals surface area contributed by atoms with Crippen molar-refractivity contribution >= 4 is 10.9 Å². The summed E-state index contributed by atoms with van der Waals surface area (Å²) in [6, 6.07) is 6.94. The molecule has 22 heavy (non-hydrogen) atoms. The highest BCUT2D eigenvalue weighted by atomic mass is 16.5. The molecule has 0 fully saturated rings. The van der Waals surface area contributed by atoms with Crippen molar-refractivity contribution in [2.75, 3.05) is 6.54 Å². The highest BCUT2D eigenvalue weighted by Gasteiger charge is 2.16. The Hall–Kier alpha value is -1.48. The lowest BCUT2D eigenvalue weighted by Crippen LogP contribution is -2.14. The standard InChI is InChI=1S/C19H30N2O/c1-7-10-20-12-18-15(6)21(13(2)3)19-9-8-16(11-17(18)19)22-14(4)5/h8-9,11,13-14,20H,7,10,12H2,1-6H3. The topological polar surface area (TPSA) is 26.2 Å². The van der Waals surface area contributed by atoms with Crippen LogP contribution in [0.4, 0.5) is 0 Å². The Labute approximate surface area is 134 Å². The number of nitrogens with zero attached hydrogens (tertiary/aromatic N) is 1. The van der Waals surface area contributed by atoms with Crippen molar-refractivity contribution in [3.05, 3.63) is 29.5 Å². The Balaban J connectivity index is 2.50. The average molecular weight is 302 g/mol. The zero-order valence-electron chi connectivity index (χ0n) is 14.9. The van der Waals surface area contributed by atoms with Crippen LogP contribution in [0.25, 0.3) is 10.9 Å². The molecule has 0 bridgehead atoms. The first-order valence-corrected chi connectivity index (χ1v) is 8.46. The Morgan fingerprint density at radius 2 is 1.91 bits per heavy atom. The fraction of sp³-hybridized carbons (Fsp3) is 0.579. The molecule has 0 aliphatic rings. The maximum absolute atomic E-state index is 5.88. The Bertz CT molecular complexity index is 626. The summed E-state index contributed by atoms with van der Waals surface area (Å²) in [5, 5.41) is 4.86. The number of benzene rings is 1. The number of ether oxygens (including phenoxy) is 1. The lowest BCUT2D eigenvalue weighted by atomic mass is 10.1. The molecule has 1 N–H and O–H groups in total. The Kier molecular flexibility index (Phi) is 5.52. The van der Waals surface area contributed by atoms with Gasteiger partial charge in [0.1, 0.15) is 5.75 Å². The van der Waals surface area contributed by atoms with E-state index in [9.17, 15) is 0 Å². The van der Waals surface area contributed by atoms with Gasteiger partial charge in [0.15, 0.2) is 0 Å². The van der Waals surface area contributed by atoms with E-state index in [1.165, 1.54) is 22.2 Å². The predicted molar refractivity (Wildman–Crippen MR) is 94.8 cm³/mol. The average Bonchev–Trinajstić information content (AvgIpc) is 2.71. The summed E-state index contributed by atoms with van der Waals surface area (Å²) in [5.74, 6) is 0.958. The summed E-state index contributed by atoms with van der Waals surface area (Å²) in [5.41, 5.74) is 4.05. The van der Waals surface area contributed by atoms with Crippen molar-refractivity contribution in [1.82, 2.24) is 9.88 Å². The molecule has 0 spiro atoms. The van der Waals surface area contributed by atoms with Gasteiger partial charge in [0.25, 0.3) is 0 Å². The van der Waals surface area contributed by atoms with Crippen LogP contribution in [-0.2, 0) is 6.54 Å². The highest BCUT2D eigenvalue weighted by Crippen LogP contribution is 2.32. The van der Waals surface area contributed by atoms with Crippen molar-refractivity contribution in [2.45, 2.75) is 66.7 Å². The van der Waals surface area contributed by atoms with Gasteiger partial charge in [-0.15, -0.1) is 0 Å². The fourth-order valence-electron chi connectivity index (χ4n) is 3.11. The molecule has 0 saturated carbocycles. The van der Waals surface area contributed by atoms with Crippen LogP contribution < -0.4 is 10.1 Å². The summed E-state index contributed by atoms with van der Waals surface area (Å²) in [4.78, 5) is 0. The number of hydrogen-bond donors (Lipinski definition) is 1. The van der Waals surface area contributed by atoms with Gasteiger partial charge in [-0.05, 0) is 71.3 Å². The van der Waals surface area contributed by atoms with Gasteiger partial charge in [-0.2, -0.15) is 0 Å². The van der Waals surface area contributed by atoms with Gasteiger partial charge >= 0.3 is 0 Å². The molecular formula is C19H30N2O. The molecule has 1 aromatic heterocycles. The smallest absolute Gasteiger partial charge is 0.120 e. The number of nitrogens with one attached hydrogen (secondary N) is 1. The second kappa shape index (κ2) is 7.19. The normalized spacial score (nSPS) is 11.8. The van der Waals surface area contributed by atoms with Crippen LogP contribution in [0.2, 0.25) is 0 Å². The zero-order chi connectivity index (χ0) is 16.3. The molecule has 122 valence electrons. The largest absolute Gasteiger partial charge is 0.491 e. The minimum Gasteiger partial charge on any atom is -0.491 e. The minimum absolute atomic E-state index is 0.201. The van der Waals surface area contributed by atoms with E-state index in [2.05, 4.69) is 69.6 Å². The van der Waals surface area contributed by atoms with Gasteiger partial charge < -0.3 is 14.6 Å². The molecule has 0 unspecified atom stereocenters. The number of hydrogen-bond acceptors (Lipinski definition) is 2. The fourth-order valence-corrected chi connectivity index (χ4v) is 3.11. The molecule has 0 aliphatic carbocycles. The van der Waals surface area contributed by atoms with E-state index in [4.69, 9.17) is 4.74 Å². The summed E-state index contributed by atoms with van der Waals surface area (Å²) in [7, 11) is 0. The summed E-state index contributed by atoms with van der Waals surface area (Å²) in [6.45, 7) is 15.0. The molecule has 0 radical (unpaired) electrons. The predicted octanol–water partition coefficient (Wildman–Crippen LogP) is 4.82. The Morgan fingerprint density at radius 1 is 1.18 bits per heavy atom. The SMILES string of the molecule is CCCNCc1c(C)n(C(C)C)c2ccc(OC(C)C)cc12. The van der Waals surface area contributed by atoms with Crippen LogP contribution >= 0.6 is 0 Å². The Morgan fingerprint density at radius 3 is 2.50 bits per heavy atom. The molecule has 1 heterocycles. The summed E-state index contributed by atoms with van der Waals surface area (Å²) < 4.78 is 8.31. The van der Waals surface area contributed by atoms with E-state index in [-0.39, 0.29) is 6.10 Å². The van der Waals surface area contributed by atoms with Crippen LogP contribution in [0.15, 0.2) is 18.2 Å². The summed E-state index contributed by atoms with van der Waals surface area (Å²) >= 11 is 0. The van der Waals surface area contributed by atoms with Gasteiger partial charge in [-0.3, -0.25) is 0 Å². The molecule has 3 heteroatoms. The third-order valence-corrected chi connectivity index (χ3v) is 3.97. The number of rotatable bonds is 7. The molecular weight excluding hydrogens is 272 g/mol. The molecule has 0 aliphatic heterocycles. The molecule has 2 aromatic rings. The maximum Gasteiger partial charge on any atom is 0.120 e. The molecule has 0 atom stereocenters. The first-order valence-electron chi connectivity index (χ1n) is 8.46. The van der Waals surface area contributed by atoms with Gasteiger partial charge in [0.2, 0.25) is 0 Å². The quantitative estimate of drug-likeness (QED) is 0.742. The molecule has 0 saturated heterocycles. The number of aromatic nitrogens is 1. The van der Waals surface area contributed by atoms with Gasteiger partial charge in [-0.25, -0.2) is 0 Å². The van der Waals surface area contributed by atoms with Crippen molar-refractivity contribution in [3.63, 3.8) is 0 Å². The highest BCUT2D eigenvalue weighted by molar-refractivity contribution is 5.87. The first-order chi connectivity index (χ1) is 10.5. The van der Waals surface area contributed by atoms with Crippen LogP contribution in [-0.4, -0.2) is 17.2 Å². The van der Waals surface area contributed by atoms with E-state index in [0.29, 0.717) is 6.04 Å². The lowest BCUT2D eigenvalue weighted by Gasteiger charge is -2.13. The van der Waals surface area contributed by atoms with E-state index in [1.807, 2.05) is 0 Å². The molecule has 1 aromatic carbocycles. The minimum atomic E-state index is 0.201. The van der Waals surface area contributed by atoms with Crippen molar-refractivity contribution in [3.8, 4) is 5.75 Å². The second-order valence-electron chi connectivity index (χ2n) is 6.55. The third kappa shape index (κ3) is 3.46. The van der Waals surface area contributed by atoms with Crippen LogP contribution in [0.1, 0.15) is 58.3 Å². The zero-order valence-corrected chi connectivity index (χ0v) is 14.9. The van der Waals surface area contributed by atoms with Crippen molar-refractivity contribution in [1.29, 1.82) is 0 Å². The van der Waals surface area contributed by atoms with Crippen LogP contribution in [0.3, 0.4) is 0 Å². The monoisotopic (exact) mass is 302 g/mol. The molecule has 0 amide bonds. The van der Waals surface area contributed by atoms with Gasteiger partial charge in [0, 0.05) is 29.2 Å². The van der Waals surface area contributed by atoms with E-state index < -0.39 is 0 Å². The molecule has 2 rings (SSSR count). The third-order valence-electron chi connectivity index (χ3n) is 3.97.